The number of amides is 1. The summed E-state index contributed by atoms with van der Waals surface area (Å²) >= 11 is 2.39. The number of carbonyl (C=O) groups is 2. The number of carbonyl (C=O) groups excluding carboxylic acids is 1. The molecule has 1 unspecified atom stereocenters. The van der Waals surface area contributed by atoms with Crippen LogP contribution in [0.1, 0.15) is 74.3 Å². The first kappa shape index (κ1) is 27.8. The Morgan fingerprint density at radius 2 is 1.86 bits per heavy atom. The molecule has 1 aliphatic heterocycles. The van der Waals surface area contributed by atoms with Gasteiger partial charge in [0.15, 0.2) is 0 Å². The molecule has 1 N–H and O–H groups in total. The highest BCUT2D eigenvalue weighted by molar-refractivity contribution is 7.89. The maximum Gasteiger partial charge on any atom is 0.348 e. The van der Waals surface area contributed by atoms with E-state index in [4.69, 9.17) is 0 Å². The molecule has 1 saturated carbocycles. The molecule has 1 amide bonds. The fourth-order valence-electron chi connectivity index (χ4n) is 4.91. The van der Waals surface area contributed by atoms with Crippen LogP contribution in [0.25, 0.3) is 0 Å². The standard InChI is InChI=1S/C27H34N2O5S3/c1-18-5-7-19(8-6-18)25(30)29(20-10-13-28(16-20)37(33,34)22-11-14-35-17-22)23-15-21(9-12-27(2,3)4)36-24(23)26(31)32/h11,14-15,17-20H,5-8,10,13,16H2,1-4H3,(H,31,32). The monoisotopic (exact) mass is 562 g/mol. The number of sulfonamides is 1. The number of nitrogens with zero attached hydrogens (tertiary/aromatic N) is 2. The number of rotatable bonds is 6. The molecular weight excluding hydrogens is 529 g/mol. The molecule has 0 aromatic carbocycles. The van der Waals surface area contributed by atoms with Crippen LogP contribution < -0.4 is 4.90 Å². The van der Waals surface area contributed by atoms with Crippen LogP contribution in [0.15, 0.2) is 27.8 Å². The summed E-state index contributed by atoms with van der Waals surface area (Å²) in [5.74, 6) is 5.36. The Balaban J connectivity index is 1.72. The van der Waals surface area contributed by atoms with Gasteiger partial charge in [0.25, 0.3) is 0 Å². The Labute approximate surface area is 227 Å². The molecule has 1 aliphatic carbocycles. The van der Waals surface area contributed by atoms with Gasteiger partial charge in [-0.3, -0.25) is 4.79 Å². The van der Waals surface area contributed by atoms with Gasteiger partial charge in [0.05, 0.1) is 21.5 Å². The number of thiophene rings is 2. The van der Waals surface area contributed by atoms with Crippen LogP contribution in [-0.4, -0.2) is 48.8 Å². The van der Waals surface area contributed by atoms with Crippen LogP contribution in [0.4, 0.5) is 5.69 Å². The summed E-state index contributed by atoms with van der Waals surface area (Å²) in [5, 5.41) is 13.4. The van der Waals surface area contributed by atoms with E-state index in [1.165, 1.54) is 15.6 Å². The van der Waals surface area contributed by atoms with Crippen LogP contribution in [0, 0.1) is 29.1 Å². The fraction of sp³-hybridized carbons (Fsp3) is 0.556. The Bertz CT molecular complexity index is 1300. The van der Waals surface area contributed by atoms with Crippen molar-refractivity contribution in [2.45, 2.75) is 70.7 Å². The van der Waals surface area contributed by atoms with E-state index in [-0.39, 0.29) is 40.1 Å². The third-order valence-electron chi connectivity index (χ3n) is 6.95. The second-order valence-corrected chi connectivity index (χ2v) is 14.8. The summed E-state index contributed by atoms with van der Waals surface area (Å²) < 4.78 is 27.8. The van der Waals surface area contributed by atoms with Crippen molar-refractivity contribution < 1.29 is 23.1 Å². The van der Waals surface area contributed by atoms with Gasteiger partial charge < -0.3 is 10.0 Å². The molecular formula is C27H34N2O5S3. The predicted octanol–water partition coefficient (Wildman–Crippen LogP) is 5.53. The van der Waals surface area contributed by atoms with Gasteiger partial charge in [0.1, 0.15) is 4.88 Å². The minimum absolute atomic E-state index is 0.0647. The van der Waals surface area contributed by atoms with Gasteiger partial charge in [-0.2, -0.15) is 15.6 Å². The molecule has 0 bridgehead atoms. The summed E-state index contributed by atoms with van der Waals surface area (Å²) in [6.45, 7) is 8.53. The van der Waals surface area contributed by atoms with Crippen molar-refractivity contribution in [2.24, 2.45) is 17.3 Å². The van der Waals surface area contributed by atoms with Gasteiger partial charge in [0.2, 0.25) is 15.9 Å². The molecule has 2 aliphatic rings. The quantitative estimate of drug-likeness (QED) is 0.467. The topological polar surface area (TPSA) is 95.0 Å². The largest absolute Gasteiger partial charge is 0.477 e. The molecule has 7 nitrogen and oxygen atoms in total. The fourth-order valence-corrected chi connectivity index (χ4v) is 8.26. The Morgan fingerprint density at radius 3 is 2.46 bits per heavy atom. The van der Waals surface area contributed by atoms with E-state index in [1.807, 2.05) is 20.8 Å². The molecule has 4 rings (SSSR count). The Kier molecular flexibility index (Phi) is 8.19. The molecule has 0 spiro atoms. The SMILES string of the molecule is CC1CCC(C(=O)N(c2cc(C#CC(C)(C)C)sc2C(=O)O)C2CCN(S(=O)(=O)c3ccsc3)C2)CC1. The molecule has 2 aromatic rings. The molecule has 200 valence electrons. The van der Waals surface area contributed by atoms with Gasteiger partial charge in [-0.1, -0.05) is 18.8 Å². The maximum absolute atomic E-state index is 14.0. The predicted molar refractivity (Wildman–Crippen MR) is 148 cm³/mol. The van der Waals surface area contributed by atoms with E-state index in [0.29, 0.717) is 22.9 Å². The lowest BCUT2D eigenvalue weighted by atomic mass is 9.82. The maximum atomic E-state index is 14.0. The third kappa shape index (κ3) is 6.28. The molecule has 1 saturated heterocycles. The van der Waals surface area contributed by atoms with E-state index in [9.17, 15) is 23.1 Å². The molecule has 1 atom stereocenters. The molecule has 0 radical (unpaired) electrons. The van der Waals surface area contributed by atoms with Crippen LogP contribution in [-0.2, 0) is 14.8 Å². The second kappa shape index (κ2) is 10.9. The first-order valence-corrected chi connectivity index (χ1v) is 15.8. The normalized spacial score (nSPS) is 22.9. The van der Waals surface area contributed by atoms with Crippen molar-refractivity contribution in [3.63, 3.8) is 0 Å². The number of carboxylic acid groups (broad SMARTS) is 1. The van der Waals surface area contributed by atoms with Crippen LogP contribution in [0.3, 0.4) is 0 Å². The van der Waals surface area contributed by atoms with Crippen LogP contribution in [0.5, 0.6) is 0 Å². The van der Waals surface area contributed by atoms with Crippen molar-refractivity contribution in [1.29, 1.82) is 0 Å². The van der Waals surface area contributed by atoms with E-state index in [2.05, 4.69) is 18.8 Å². The van der Waals surface area contributed by atoms with Crippen molar-refractivity contribution in [1.82, 2.24) is 4.31 Å². The highest BCUT2D eigenvalue weighted by Gasteiger charge is 2.41. The van der Waals surface area contributed by atoms with Gasteiger partial charge in [-0.05, 0) is 76.3 Å². The average Bonchev–Trinajstić information content (AvgIpc) is 3.59. The average molecular weight is 563 g/mol. The van der Waals surface area contributed by atoms with Gasteiger partial charge in [0, 0.05) is 29.8 Å². The summed E-state index contributed by atoms with van der Waals surface area (Å²) in [6.07, 6.45) is 3.85. The zero-order valence-electron chi connectivity index (χ0n) is 21.7. The highest BCUT2D eigenvalue weighted by atomic mass is 32.2. The number of aromatic carboxylic acids is 1. The highest BCUT2D eigenvalue weighted by Crippen LogP contribution is 2.38. The third-order valence-corrected chi connectivity index (χ3v) is 10.7. The molecule has 2 aromatic heterocycles. The zero-order chi connectivity index (χ0) is 27.0. The molecule has 3 heterocycles. The van der Waals surface area contributed by atoms with Gasteiger partial charge in [-0.25, -0.2) is 13.2 Å². The first-order chi connectivity index (χ1) is 17.4. The van der Waals surface area contributed by atoms with E-state index >= 15 is 0 Å². The summed E-state index contributed by atoms with van der Waals surface area (Å²) in [4.78, 5) is 28.8. The van der Waals surface area contributed by atoms with Crippen molar-refractivity contribution in [3.05, 3.63) is 32.6 Å². The zero-order valence-corrected chi connectivity index (χ0v) is 24.1. The summed E-state index contributed by atoms with van der Waals surface area (Å²) in [5.41, 5.74) is 0.0724. The minimum Gasteiger partial charge on any atom is -0.477 e. The summed E-state index contributed by atoms with van der Waals surface area (Å²) in [7, 11) is -3.68. The molecule has 10 heteroatoms. The number of anilines is 1. The number of hydrogen-bond donors (Lipinski definition) is 1. The smallest absolute Gasteiger partial charge is 0.348 e. The minimum atomic E-state index is -3.68. The van der Waals surface area contributed by atoms with Crippen molar-refractivity contribution in [3.8, 4) is 11.8 Å². The van der Waals surface area contributed by atoms with Crippen LogP contribution >= 0.6 is 22.7 Å². The van der Waals surface area contributed by atoms with E-state index < -0.39 is 22.0 Å². The lowest BCUT2D eigenvalue weighted by molar-refractivity contribution is -0.124. The Morgan fingerprint density at radius 1 is 1.16 bits per heavy atom. The number of hydrogen-bond acceptors (Lipinski definition) is 6. The molecule has 2 fully saturated rings. The second-order valence-electron chi connectivity index (χ2n) is 11.1. The summed E-state index contributed by atoms with van der Waals surface area (Å²) in [6, 6.07) is 2.84. The lowest BCUT2D eigenvalue weighted by Crippen LogP contribution is -2.46. The van der Waals surface area contributed by atoms with E-state index in [0.717, 1.165) is 37.0 Å². The van der Waals surface area contributed by atoms with Crippen molar-refractivity contribution >= 4 is 50.3 Å². The van der Waals surface area contributed by atoms with Gasteiger partial charge >= 0.3 is 5.97 Å². The van der Waals surface area contributed by atoms with Crippen LogP contribution in [0.2, 0.25) is 0 Å². The Hall–Kier alpha value is -2.19. The lowest BCUT2D eigenvalue weighted by Gasteiger charge is -2.34. The van der Waals surface area contributed by atoms with E-state index in [1.54, 1.807) is 27.8 Å². The first-order valence-electron chi connectivity index (χ1n) is 12.6. The van der Waals surface area contributed by atoms with Crippen molar-refractivity contribution in [2.75, 3.05) is 18.0 Å². The molecule has 37 heavy (non-hydrogen) atoms. The van der Waals surface area contributed by atoms with Gasteiger partial charge in [-0.15, -0.1) is 11.3 Å². The number of carboxylic acids is 1.